The highest BCUT2D eigenvalue weighted by Crippen LogP contribution is 2.35. The van der Waals surface area contributed by atoms with Crippen molar-refractivity contribution in [2.45, 2.75) is 45.1 Å². The molecule has 1 aliphatic carbocycles. The Morgan fingerprint density at radius 3 is 2.86 bits per heavy atom. The lowest BCUT2D eigenvalue weighted by Crippen LogP contribution is -2.35. The third-order valence-corrected chi connectivity index (χ3v) is 3.68. The SMILES string of the molecule is CC1CCCC1C(N)C1=CCCCO1. The fourth-order valence-corrected chi connectivity index (χ4v) is 2.73. The van der Waals surface area contributed by atoms with Crippen molar-refractivity contribution in [2.75, 3.05) is 6.61 Å². The predicted molar refractivity (Wildman–Crippen MR) is 57.7 cm³/mol. The molecule has 0 spiro atoms. The monoisotopic (exact) mass is 195 g/mol. The van der Waals surface area contributed by atoms with Crippen molar-refractivity contribution >= 4 is 0 Å². The number of nitrogens with two attached hydrogens (primary N) is 1. The van der Waals surface area contributed by atoms with E-state index in [1.807, 2.05) is 0 Å². The van der Waals surface area contributed by atoms with Gasteiger partial charge in [0.05, 0.1) is 12.6 Å². The summed E-state index contributed by atoms with van der Waals surface area (Å²) >= 11 is 0. The van der Waals surface area contributed by atoms with Gasteiger partial charge in [0.2, 0.25) is 0 Å². The van der Waals surface area contributed by atoms with E-state index in [4.69, 9.17) is 10.5 Å². The van der Waals surface area contributed by atoms with E-state index in [0.29, 0.717) is 5.92 Å². The van der Waals surface area contributed by atoms with E-state index >= 15 is 0 Å². The molecule has 1 saturated carbocycles. The number of allylic oxidation sites excluding steroid dienone is 1. The molecule has 3 atom stereocenters. The van der Waals surface area contributed by atoms with E-state index in [2.05, 4.69) is 13.0 Å². The number of hydrogen-bond acceptors (Lipinski definition) is 2. The second-order valence-corrected chi connectivity index (χ2v) is 4.70. The second kappa shape index (κ2) is 4.35. The van der Waals surface area contributed by atoms with E-state index in [0.717, 1.165) is 31.1 Å². The van der Waals surface area contributed by atoms with Crippen LogP contribution in [0.4, 0.5) is 0 Å². The summed E-state index contributed by atoms with van der Waals surface area (Å²) in [5.74, 6) is 2.49. The summed E-state index contributed by atoms with van der Waals surface area (Å²) in [6.07, 6.45) is 8.45. The zero-order valence-corrected chi connectivity index (χ0v) is 9.04. The molecule has 80 valence electrons. The normalized spacial score (nSPS) is 34.9. The van der Waals surface area contributed by atoms with E-state index in [1.54, 1.807) is 0 Å². The fourth-order valence-electron chi connectivity index (χ4n) is 2.73. The van der Waals surface area contributed by atoms with Gasteiger partial charge in [0, 0.05) is 0 Å². The molecule has 2 rings (SSSR count). The fraction of sp³-hybridized carbons (Fsp3) is 0.833. The molecule has 0 aromatic rings. The van der Waals surface area contributed by atoms with Crippen molar-refractivity contribution < 1.29 is 4.74 Å². The van der Waals surface area contributed by atoms with Crippen LogP contribution in [0.1, 0.15) is 39.0 Å². The standard InChI is InChI=1S/C12H21NO/c1-9-5-4-6-10(9)12(13)11-7-2-3-8-14-11/h7,9-10,12H,2-6,8,13H2,1H3. The van der Waals surface area contributed by atoms with Crippen LogP contribution < -0.4 is 5.73 Å². The molecule has 14 heavy (non-hydrogen) atoms. The minimum atomic E-state index is 0.160. The molecule has 0 saturated heterocycles. The first-order chi connectivity index (χ1) is 6.79. The molecule has 0 amide bonds. The summed E-state index contributed by atoms with van der Waals surface area (Å²) < 4.78 is 5.64. The topological polar surface area (TPSA) is 35.2 Å². The molecule has 2 N–H and O–H groups in total. The summed E-state index contributed by atoms with van der Waals surface area (Å²) in [4.78, 5) is 0. The van der Waals surface area contributed by atoms with Gasteiger partial charge >= 0.3 is 0 Å². The highest BCUT2D eigenvalue weighted by molar-refractivity contribution is 5.07. The zero-order chi connectivity index (χ0) is 9.97. The molecule has 0 aromatic carbocycles. The average molecular weight is 195 g/mol. The van der Waals surface area contributed by atoms with Crippen molar-refractivity contribution in [1.82, 2.24) is 0 Å². The van der Waals surface area contributed by atoms with Crippen molar-refractivity contribution in [1.29, 1.82) is 0 Å². The van der Waals surface area contributed by atoms with Crippen LogP contribution in [0.3, 0.4) is 0 Å². The Morgan fingerprint density at radius 1 is 1.43 bits per heavy atom. The van der Waals surface area contributed by atoms with Crippen molar-refractivity contribution in [2.24, 2.45) is 17.6 Å². The second-order valence-electron chi connectivity index (χ2n) is 4.70. The van der Waals surface area contributed by atoms with E-state index in [1.165, 1.54) is 19.3 Å². The lowest BCUT2D eigenvalue weighted by molar-refractivity contribution is 0.155. The van der Waals surface area contributed by atoms with E-state index in [-0.39, 0.29) is 6.04 Å². The van der Waals surface area contributed by atoms with Gasteiger partial charge in [-0.25, -0.2) is 0 Å². The van der Waals surface area contributed by atoms with Gasteiger partial charge in [0.1, 0.15) is 5.76 Å². The van der Waals surface area contributed by atoms with Gasteiger partial charge in [-0.3, -0.25) is 0 Å². The molecule has 0 radical (unpaired) electrons. The maximum Gasteiger partial charge on any atom is 0.109 e. The maximum atomic E-state index is 6.25. The first-order valence-corrected chi connectivity index (χ1v) is 5.87. The predicted octanol–water partition coefficient (Wildman–Crippen LogP) is 2.44. The Labute approximate surface area is 86.5 Å². The average Bonchev–Trinajstić information content (AvgIpc) is 2.65. The Balaban J connectivity index is 1.99. The van der Waals surface area contributed by atoms with Crippen molar-refractivity contribution in [3.05, 3.63) is 11.8 Å². The van der Waals surface area contributed by atoms with Crippen molar-refractivity contribution in [3.63, 3.8) is 0 Å². The Bertz CT molecular complexity index is 224. The first-order valence-electron chi connectivity index (χ1n) is 5.87. The first kappa shape index (κ1) is 10.0. The maximum absolute atomic E-state index is 6.25. The molecule has 1 aliphatic heterocycles. The lowest BCUT2D eigenvalue weighted by atomic mass is 9.89. The third kappa shape index (κ3) is 1.95. The molecule has 2 heteroatoms. The highest BCUT2D eigenvalue weighted by Gasteiger charge is 2.31. The highest BCUT2D eigenvalue weighted by atomic mass is 16.5. The van der Waals surface area contributed by atoms with Gasteiger partial charge < -0.3 is 10.5 Å². The van der Waals surface area contributed by atoms with Crippen LogP contribution in [0, 0.1) is 11.8 Å². The molecule has 1 fully saturated rings. The molecular weight excluding hydrogens is 174 g/mol. The largest absolute Gasteiger partial charge is 0.497 e. The molecule has 0 bridgehead atoms. The minimum Gasteiger partial charge on any atom is -0.497 e. The van der Waals surface area contributed by atoms with Gasteiger partial charge in [-0.1, -0.05) is 19.8 Å². The summed E-state index contributed by atoms with van der Waals surface area (Å²) in [5.41, 5.74) is 6.25. The van der Waals surface area contributed by atoms with Crippen LogP contribution in [-0.4, -0.2) is 12.6 Å². The summed E-state index contributed by atoms with van der Waals surface area (Å²) in [7, 11) is 0. The molecule has 0 aromatic heterocycles. The van der Waals surface area contributed by atoms with Gasteiger partial charge in [-0.2, -0.15) is 0 Å². The van der Waals surface area contributed by atoms with E-state index < -0.39 is 0 Å². The number of rotatable bonds is 2. The quantitative estimate of drug-likeness (QED) is 0.734. The number of hydrogen-bond donors (Lipinski definition) is 1. The Morgan fingerprint density at radius 2 is 2.29 bits per heavy atom. The molecule has 2 nitrogen and oxygen atoms in total. The van der Waals surface area contributed by atoms with Crippen LogP contribution in [0.5, 0.6) is 0 Å². The molecule has 2 aliphatic rings. The molecular formula is C12H21NO. The molecule has 1 heterocycles. The van der Waals surface area contributed by atoms with Crippen LogP contribution in [0.25, 0.3) is 0 Å². The van der Waals surface area contributed by atoms with Crippen LogP contribution >= 0.6 is 0 Å². The van der Waals surface area contributed by atoms with Crippen LogP contribution in [-0.2, 0) is 4.74 Å². The number of ether oxygens (including phenoxy) is 1. The van der Waals surface area contributed by atoms with E-state index in [9.17, 15) is 0 Å². The summed E-state index contributed by atoms with van der Waals surface area (Å²) in [5, 5.41) is 0. The Kier molecular flexibility index (Phi) is 3.12. The van der Waals surface area contributed by atoms with Gasteiger partial charge in [-0.05, 0) is 37.2 Å². The third-order valence-electron chi connectivity index (χ3n) is 3.68. The van der Waals surface area contributed by atoms with Gasteiger partial charge in [0.15, 0.2) is 0 Å². The van der Waals surface area contributed by atoms with Gasteiger partial charge in [0.25, 0.3) is 0 Å². The van der Waals surface area contributed by atoms with Gasteiger partial charge in [-0.15, -0.1) is 0 Å². The molecule has 3 unspecified atom stereocenters. The van der Waals surface area contributed by atoms with Crippen LogP contribution in [0.2, 0.25) is 0 Å². The minimum absolute atomic E-state index is 0.160. The zero-order valence-electron chi connectivity index (χ0n) is 9.04. The summed E-state index contributed by atoms with van der Waals surface area (Å²) in [6, 6.07) is 0.160. The summed E-state index contributed by atoms with van der Waals surface area (Å²) in [6.45, 7) is 3.18. The van der Waals surface area contributed by atoms with Crippen LogP contribution in [0.15, 0.2) is 11.8 Å². The Hall–Kier alpha value is -0.500. The lowest BCUT2D eigenvalue weighted by Gasteiger charge is -2.27. The van der Waals surface area contributed by atoms with Crippen molar-refractivity contribution in [3.8, 4) is 0 Å². The smallest absolute Gasteiger partial charge is 0.109 e.